The molecule has 0 saturated heterocycles. The van der Waals surface area contributed by atoms with E-state index in [0.29, 0.717) is 5.69 Å². The first kappa shape index (κ1) is 16.6. The third-order valence-electron chi connectivity index (χ3n) is 3.18. The molecule has 0 radical (unpaired) electrons. The standard InChI is InChI=1S/C17H19N3O3/c1-12(21)13-5-4-6-14(11-13)20-10-8-16(23)17(18-20)15(22)7-9-19(2)3/h4-12,21H,1-3H3. The maximum absolute atomic E-state index is 12.1. The largest absolute Gasteiger partial charge is 0.389 e. The van der Waals surface area contributed by atoms with Crippen LogP contribution >= 0.6 is 0 Å². The van der Waals surface area contributed by atoms with Crippen LogP contribution in [0.4, 0.5) is 0 Å². The number of aliphatic hydroxyl groups is 1. The Morgan fingerprint density at radius 2 is 2.09 bits per heavy atom. The van der Waals surface area contributed by atoms with E-state index >= 15 is 0 Å². The Kier molecular flexibility index (Phi) is 5.08. The van der Waals surface area contributed by atoms with Crippen molar-refractivity contribution in [3.05, 3.63) is 70.3 Å². The second-order valence-corrected chi connectivity index (χ2v) is 5.39. The summed E-state index contributed by atoms with van der Waals surface area (Å²) in [7, 11) is 3.56. The number of carbonyl (C=O) groups is 1. The predicted octanol–water partition coefficient (Wildman–Crippen LogP) is 1.54. The molecule has 0 aliphatic heterocycles. The van der Waals surface area contributed by atoms with Crippen molar-refractivity contribution in [3.63, 3.8) is 0 Å². The van der Waals surface area contributed by atoms with Gasteiger partial charge in [-0.15, -0.1) is 0 Å². The molecule has 1 aromatic heterocycles. The van der Waals surface area contributed by atoms with Crippen molar-refractivity contribution < 1.29 is 9.90 Å². The molecule has 1 atom stereocenters. The van der Waals surface area contributed by atoms with Crippen LogP contribution in [0.1, 0.15) is 29.1 Å². The number of hydrogen-bond donors (Lipinski definition) is 1. The maximum atomic E-state index is 12.1. The first-order valence-electron chi connectivity index (χ1n) is 7.16. The summed E-state index contributed by atoms with van der Waals surface area (Å²) in [5, 5.41) is 13.8. The average Bonchev–Trinajstić information content (AvgIpc) is 2.53. The van der Waals surface area contributed by atoms with Gasteiger partial charge in [0.15, 0.2) is 5.69 Å². The quantitative estimate of drug-likeness (QED) is 0.669. The summed E-state index contributed by atoms with van der Waals surface area (Å²) in [6.07, 6.45) is 3.75. The average molecular weight is 313 g/mol. The second kappa shape index (κ2) is 7.02. The number of aromatic nitrogens is 2. The summed E-state index contributed by atoms with van der Waals surface area (Å²) >= 11 is 0. The molecule has 0 saturated carbocycles. The fraction of sp³-hybridized carbons (Fsp3) is 0.235. The predicted molar refractivity (Wildman–Crippen MR) is 87.6 cm³/mol. The molecule has 0 bridgehead atoms. The highest BCUT2D eigenvalue weighted by Crippen LogP contribution is 2.15. The van der Waals surface area contributed by atoms with E-state index in [2.05, 4.69) is 5.10 Å². The molecule has 0 spiro atoms. The molecule has 23 heavy (non-hydrogen) atoms. The van der Waals surface area contributed by atoms with Gasteiger partial charge < -0.3 is 10.0 Å². The van der Waals surface area contributed by atoms with Crippen LogP contribution in [0.25, 0.3) is 5.69 Å². The zero-order valence-electron chi connectivity index (χ0n) is 13.3. The van der Waals surface area contributed by atoms with Gasteiger partial charge in [0.1, 0.15) is 0 Å². The van der Waals surface area contributed by atoms with Crippen LogP contribution in [-0.2, 0) is 0 Å². The summed E-state index contributed by atoms with van der Waals surface area (Å²) in [6, 6.07) is 8.42. The highest BCUT2D eigenvalue weighted by molar-refractivity contribution is 6.02. The molecule has 0 amide bonds. The Morgan fingerprint density at radius 3 is 2.74 bits per heavy atom. The minimum absolute atomic E-state index is 0.145. The first-order chi connectivity index (χ1) is 10.9. The summed E-state index contributed by atoms with van der Waals surface area (Å²) in [5.41, 5.74) is 0.812. The van der Waals surface area contributed by atoms with E-state index in [1.807, 2.05) is 0 Å². The van der Waals surface area contributed by atoms with Gasteiger partial charge in [0.2, 0.25) is 11.2 Å². The minimum Gasteiger partial charge on any atom is -0.389 e. The molecule has 1 N–H and O–H groups in total. The highest BCUT2D eigenvalue weighted by Gasteiger charge is 2.11. The third-order valence-corrected chi connectivity index (χ3v) is 3.18. The van der Waals surface area contributed by atoms with Crippen LogP contribution in [-0.4, -0.2) is 39.7 Å². The number of rotatable bonds is 5. The van der Waals surface area contributed by atoms with Crippen molar-refractivity contribution in [2.45, 2.75) is 13.0 Å². The van der Waals surface area contributed by atoms with Gasteiger partial charge in [-0.1, -0.05) is 12.1 Å². The summed E-state index contributed by atoms with van der Waals surface area (Å²) in [5.74, 6) is -0.454. The molecule has 1 unspecified atom stereocenters. The Morgan fingerprint density at radius 1 is 1.35 bits per heavy atom. The van der Waals surface area contributed by atoms with Crippen molar-refractivity contribution in [1.29, 1.82) is 0 Å². The fourth-order valence-electron chi connectivity index (χ4n) is 1.94. The molecule has 6 nitrogen and oxygen atoms in total. The molecule has 2 aromatic rings. The molecule has 0 aliphatic rings. The first-order valence-corrected chi connectivity index (χ1v) is 7.16. The Bertz CT molecular complexity index is 792. The number of allylic oxidation sites excluding steroid dienone is 1. The van der Waals surface area contributed by atoms with Crippen molar-refractivity contribution in [3.8, 4) is 5.69 Å². The zero-order valence-corrected chi connectivity index (χ0v) is 13.3. The van der Waals surface area contributed by atoms with Gasteiger partial charge in [0.05, 0.1) is 11.8 Å². The molecule has 2 rings (SSSR count). The number of benzene rings is 1. The van der Waals surface area contributed by atoms with E-state index in [1.165, 1.54) is 23.0 Å². The second-order valence-electron chi connectivity index (χ2n) is 5.39. The number of hydrogen-bond acceptors (Lipinski definition) is 5. The number of carbonyl (C=O) groups excluding carboxylic acids is 1. The topological polar surface area (TPSA) is 75.4 Å². The van der Waals surface area contributed by atoms with Crippen LogP contribution in [0.15, 0.2) is 53.6 Å². The van der Waals surface area contributed by atoms with Gasteiger partial charge in [-0.3, -0.25) is 9.59 Å². The lowest BCUT2D eigenvalue weighted by atomic mass is 10.1. The van der Waals surface area contributed by atoms with E-state index in [-0.39, 0.29) is 5.69 Å². The molecule has 0 aliphatic carbocycles. The Labute approximate surface area is 134 Å². The summed E-state index contributed by atoms with van der Waals surface area (Å²) in [6.45, 7) is 1.67. The number of nitrogens with zero attached hydrogens (tertiary/aromatic N) is 3. The lowest BCUT2D eigenvalue weighted by Gasteiger charge is -2.10. The van der Waals surface area contributed by atoms with Gasteiger partial charge in [0, 0.05) is 38.6 Å². The van der Waals surface area contributed by atoms with Gasteiger partial charge in [0.25, 0.3) is 0 Å². The van der Waals surface area contributed by atoms with E-state index < -0.39 is 17.3 Å². The smallest absolute Gasteiger partial charge is 0.211 e. The van der Waals surface area contributed by atoms with Gasteiger partial charge in [-0.25, -0.2) is 4.68 Å². The molecule has 6 heteroatoms. The number of aliphatic hydroxyl groups excluding tert-OH is 1. The fourth-order valence-corrected chi connectivity index (χ4v) is 1.94. The summed E-state index contributed by atoms with van der Waals surface area (Å²) in [4.78, 5) is 25.7. The molecule has 1 aromatic carbocycles. The molecule has 1 heterocycles. The van der Waals surface area contributed by atoms with Crippen molar-refractivity contribution in [1.82, 2.24) is 14.7 Å². The Balaban J connectivity index is 2.43. The molecule has 120 valence electrons. The van der Waals surface area contributed by atoms with Crippen molar-refractivity contribution in [2.24, 2.45) is 0 Å². The van der Waals surface area contributed by atoms with Gasteiger partial charge >= 0.3 is 0 Å². The van der Waals surface area contributed by atoms with Crippen LogP contribution in [0.5, 0.6) is 0 Å². The SMILES string of the molecule is CC(O)c1cccc(-n2ccc(=O)c(C(=O)C=CN(C)C)n2)c1. The number of ketones is 1. The van der Waals surface area contributed by atoms with Crippen LogP contribution < -0.4 is 5.43 Å². The van der Waals surface area contributed by atoms with Gasteiger partial charge in [-0.2, -0.15) is 5.10 Å². The lowest BCUT2D eigenvalue weighted by Crippen LogP contribution is -2.20. The van der Waals surface area contributed by atoms with Crippen molar-refractivity contribution >= 4 is 5.78 Å². The molecular weight excluding hydrogens is 294 g/mol. The molecule has 0 fully saturated rings. The highest BCUT2D eigenvalue weighted by atomic mass is 16.3. The van der Waals surface area contributed by atoms with Crippen LogP contribution in [0, 0.1) is 0 Å². The maximum Gasteiger partial charge on any atom is 0.211 e. The molecular formula is C17H19N3O3. The third kappa shape index (κ3) is 4.14. The van der Waals surface area contributed by atoms with E-state index in [1.54, 1.807) is 56.4 Å². The normalized spacial score (nSPS) is 12.3. The summed E-state index contributed by atoms with van der Waals surface area (Å²) < 4.78 is 1.45. The Hall–Kier alpha value is -2.73. The van der Waals surface area contributed by atoms with Gasteiger partial charge in [-0.05, 0) is 24.6 Å². The zero-order chi connectivity index (χ0) is 17.0. The van der Waals surface area contributed by atoms with Crippen LogP contribution in [0.2, 0.25) is 0 Å². The van der Waals surface area contributed by atoms with E-state index in [4.69, 9.17) is 0 Å². The van der Waals surface area contributed by atoms with E-state index in [0.717, 1.165) is 5.56 Å². The van der Waals surface area contributed by atoms with Crippen LogP contribution in [0.3, 0.4) is 0 Å². The van der Waals surface area contributed by atoms with E-state index in [9.17, 15) is 14.7 Å². The van der Waals surface area contributed by atoms with Crippen molar-refractivity contribution in [2.75, 3.05) is 14.1 Å². The monoisotopic (exact) mass is 313 g/mol. The minimum atomic E-state index is -0.613. The lowest BCUT2D eigenvalue weighted by molar-refractivity contribution is 0.103.